The number of rotatable bonds is 2. The Labute approximate surface area is 122 Å². The van der Waals surface area contributed by atoms with Gasteiger partial charge in [-0.1, -0.05) is 13.3 Å². The molecule has 3 nitrogen and oxygen atoms in total. The summed E-state index contributed by atoms with van der Waals surface area (Å²) in [5, 5.41) is 8.82. The van der Waals surface area contributed by atoms with Crippen molar-refractivity contribution in [3.8, 4) is 6.07 Å². The van der Waals surface area contributed by atoms with Crippen LogP contribution in [0.15, 0.2) is 18.2 Å². The Bertz CT molecular complexity index is 548. The number of alkyl halides is 3. The highest BCUT2D eigenvalue weighted by Gasteiger charge is 2.35. The van der Waals surface area contributed by atoms with Gasteiger partial charge in [-0.05, 0) is 30.5 Å². The minimum absolute atomic E-state index is 0.103. The zero-order valence-electron chi connectivity index (χ0n) is 11.8. The second kappa shape index (κ2) is 5.94. The molecule has 114 valence electrons. The highest BCUT2D eigenvalue weighted by Crippen LogP contribution is 2.35. The van der Waals surface area contributed by atoms with Crippen LogP contribution in [-0.4, -0.2) is 19.1 Å². The number of nitrogens with two attached hydrogens (primary N) is 1. The second-order valence-electron chi connectivity index (χ2n) is 5.41. The Hall–Kier alpha value is -1.74. The van der Waals surface area contributed by atoms with Crippen molar-refractivity contribution in [1.82, 2.24) is 0 Å². The van der Waals surface area contributed by atoms with E-state index in [1.54, 1.807) is 12.1 Å². The van der Waals surface area contributed by atoms with Crippen molar-refractivity contribution in [3.05, 3.63) is 29.3 Å². The lowest BCUT2D eigenvalue weighted by Gasteiger charge is -2.38. The first-order valence-electron chi connectivity index (χ1n) is 6.98. The van der Waals surface area contributed by atoms with E-state index in [-0.39, 0.29) is 17.5 Å². The summed E-state index contributed by atoms with van der Waals surface area (Å²) >= 11 is 0. The van der Waals surface area contributed by atoms with Crippen molar-refractivity contribution in [3.63, 3.8) is 0 Å². The third-order valence-electron chi connectivity index (χ3n) is 4.11. The molecule has 0 spiro atoms. The van der Waals surface area contributed by atoms with Gasteiger partial charge in [0.05, 0.1) is 17.2 Å². The van der Waals surface area contributed by atoms with E-state index in [1.165, 1.54) is 6.07 Å². The van der Waals surface area contributed by atoms with Crippen molar-refractivity contribution in [2.24, 2.45) is 11.7 Å². The fourth-order valence-corrected chi connectivity index (χ4v) is 2.78. The van der Waals surface area contributed by atoms with Gasteiger partial charge >= 0.3 is 6.18 Å². The van der Waals surface area contributed by atoms with E-state index in [4.69, 9.17) is 11.0 Å². The maximum Gasteiger partial charge on any atom is 0.417 e. The number of hydrogen-bond donors (Lipinski definition) is 1. The van der Waals surface area contributed by atoms with E-state index in [0.29, 0.717) is 18.8 Å². The molecular formula is C15H18F3N3. The molecule has 1 heterocycles. The molecule has 1 aromatic rings. The molecule has 6 heteroatoms. The standard InChI is InChI=1S/C15H18F3N3/c1-2-10-9-21(6-5-14(10)20)12-4-3-11(8-19)13(7-12)15(16,17)18/h3-4,7,10,14H,2,5-6,9,20H2,1H3. The van der Waals surface area contributed by atoms with E-state index in [9.17, 15) is 13.2 Å². The summed E-state index contributed by atoms with van der Waals surface area (Å²) in [5.74, 6) is 0.281. The van der Waals surface area contributed by atoms with Gasteiger partial charge in [0.2, 0.25) is 0 Å². The Kier molecular flexibility index (Phi) is 4.43. The number of halogens is 3. The van der Waals surface area contributed by atoms with Crippen LogP contribution in [0.3, 0.4) is 0 Å². The van der Waals surface area contributed by atoms with Gasteiger partial charge in [0.1, 0.15) is 0 Å². The highest BCUT2D eigenvalue weighted by molar-refractivity contribution is 5.55. The van der Waals surface area contributed by atoms with Crippen LogP contribution in [0.2, 0.25) is 0 Å². The maximum absolute atomic E-state index is 13.0. The zero-order chi connectivity index (χ0) is 15.6. The molecule has 0 aromatic heterocycles. The van der Waals surface area contributed by atoms with Gasteiger partial charge in [-0.3, -0.25) is 0 Å². The molecule has 0 aliphatic carbocycles. The summed E-state index contributed by atoms with van der Waals surface area (Å²) in [6.45, 7) is 3.33. The van der Waals surface area contributed by atoms with Gasteiger partial charge in [-0.25, -0.2) is 0 Å². The van der Waals surface area contributed by atoms with Crippen LogP contribution >= 0.6 is 0 Å². The van der Waals surface area contributed by atoms with Crippen LogP contribution in [0, 0.1) is 17.2 Å². The number of hydrogen-bond acceptors (Lipinski definition) is 3. The van der Waals surface area contributed by atoms with Crippen LogP contribution in [-0.2, 0) is 6.18 Å². The average molecular weight is 297 g/mol. The van der Waals surface area contributed by atoms with Crippen molar-refractivity contribution >= 4 is 5.69 Å². The maximum atomic E-state index is 13.0. The van der Waals surface area contributed by atoms with Crippen molar-refractivity contribution in [1.29, 1.82) is 5.26 Å². The third kappa shape index (κ3) is 3.30. The van der Waals surface area contributed by atoms with Gasteiger partial charge in [0.25, 0.3) is 0 Å². The normalized spacial score (nSPS) is 23.0. The lowest BCUT2D eigenvalue weighted by molar-refractivity contribution is -0.137. The molecule has 1 aliphatic rings. The summed E-state index contributed by atoms with van der Waals surface area (Å²) in [6, 6.07) is 5.60. The van der Waals surface area contributed by atoms with Crippen molar-refractivity contribution in [2.45, 2.75) is 32.0 Å². The van der Waals surface area contributed by atoms with E-state index < -0.39 is 11.7 Å². The number of benzene rings is 1. The van der Waals surface area contributed by atoms with Crippen LogP contribution in [0.25, 0.3) is 0 Å². The zero-order valence-corrected chi connectivity index (χ0v) is 11.8. The second-order valence-corrected chi connectivity index (χ2v) is 5.41. The molecule has 2 unspecified atom stereocenters. The molecule has 2 N–H and O–H groups in total. The van der Waals surface area contributed by atoms with Gasteiger partial charge in [0.15, 0.2) is 0 Å². The van der Waals surface area contributed by atoms with E-state index in [0.717, 1.165) is 18.9 Å². The van der Waals surface area contributed by atoms with Crippen molar-refractivity contribution < 1.29 is 13.2 Å². The van der Waals surface area contributed by atoms with Gasteiger partial charge in [-0.15, -0.1) is 0 Å². The Morgan fingerprint density at radius 2 is 2.14 bits per heavy atom. The first kappa shape index (κ1) is 15.6. The van der Waals surface area contributed by atoms with E-state index in [2.05, 4.69) is 0 Å². The molecule has 1 aliphatic heterocycles. The molecular weight excluding hydrogens is 279 g/mol. The van der Waals surface area contributed by atoms with Crippen LogP contribution < -0.4 is 10.6 Å². The molecule has 1 aromatic carbocycles. The van der Waals surface area contributed by atoms with E-state index >= 15 is 0 Å². The molecule has 21 heavy (non-hydrogen) atoms. The fourth-order valence-electron chi connectivity index (χ4n) is 2.78. The molecule has 2 rings (SSSR count). The highest BCUT2D eigenvalue weighted by atomic mass is 19.4. The summed E-state index contributed by atoms with van der Waals surface area (Å²) in [5.41, 5.74) is 5.32. The molecule has 0 saturated carbocycles. The Morgan fingerprint density at radius 1 is 1.43 bits per heavy atom. The molecule has 0 bridgehead atoms. The first-order valence-corrected chi connectivity index (χ1v) is 6.98. The number of nitrogens with zero attached hydrogens (tertiary/aromatic N) is 2. The van der Waals surface area contributed by atoms with Crippen LogP contribution in [0.1, 0.15) is 30.9 Å². The van der Waals surface area contributed by atoms with Crippen LogP contribution in [0.4, 0.5) is 18.9 Å². The number of anilines is 1. The number of piperidine rings is 1. The largest absolute Gasteiger partial charge is 0.417 e. The topological polar surface area (TPSA) is 53.0 Å². The van der Waals surface area contributed by atoms with Gasteiger partial charge in [0, 0.05) is 24.8 Å². The minimum Gasteiger partial charge on any atom is -0.371 e. The lowest BCUT2D eigenvalue weighted by atomic mass is 9.90. The lowest BCUT2D eigenvalue weighted by Crippen LogP contribution is -2.47. The first-order chi connectivity index (χ1) is 9.86. The summed E-state index contributed by atoms with van der Waals surface area (Å²) in [6.07, 6.45) is -2.85. The third-order valence-corrected chi connectivity index (χ3v) is 4.11. The minimum atomic E-state index is -4.52. The van der Waals surface area contributed by atoms with E-state index in [1.807, 2.05) is 11.8 Å². The SMILES string of the molecule is CCC1CN(c2ccc(C#N)c(C(F)(F)F)c2)CCC1N. The smallest absolute Gasteiger partial charge is 0.371 e. The molecule has 1 saturated heterocycles. The monoisotopic (exact) mass is 297 g/mol. The summed E-state index contributed by atoms with van der Waals surface area (Å²) in [4.78, 5) is 1.92. The summed E-state index contributed by atoms with van der Waals surface area (Å²) < 4.78 is 39.0. The fraction of sp³-hybridized carbons (Fsp3) is 0.533. The predicted molar refractivity (Wildman–Crippen MR) is 74.7 cm³/mol. The van der Waals surface area contributed by atoms with Gasteiger partial charge in [-0.2, -0.15) is 18.4 Å². The van der Waals surface area contributed by atoms with Crippen LogP contribution in [0.5, 0.6) is 0 Å². The number of nitriles is 1. The molecule has 2 atom stereocenters. The Balaban J connectivity index is 2.31. The molecule has 1 fully saturated rings. The predicted octanol–water partition coefficient (Wildman–Crippen LogP) is 3.14. The molecule has 0 amide bonds. The van der Waals surface area contributed by atoms with Crippen molar-refractivity contribution in [2.75, 3.05) is 18.0 Å². The molecule has 0 radical (unpaired) electrons. The quantitative estimate of drug-likeness (QED) is 0.912. The summed E-state index contributed by atoms with van der Waals surface area (Å²) in [7, 11) is 0. The van der Waals surface area contributed by atoms with Gasteiger partial charge < -0.3 is 10.6 Å². The Morgan fingerprint density at radius 3 is 2.71 bits per heavy atom. The average Bonchev–Trinajstić information content (AvgIpc) is 2.46.